The molecule has 2 fully saturated rings. The molecule has 0 spiro atoms. The zero-order valence-corrected chi connectivity index (χ0v) is 32.3. The first kappa shape index (κ1) is 38.9. The number of allylic oxidation sites excluding steroid dienone is 1. The van der Waals surface area contributed by atoms with Crippen molar-refractivity contribution in [3.8, 4) is 5.88 Å². The molecule has 3 aromatic rings. The molecule has 0 radical (unpaired) electrons. The number of amides is 4. The van der Waals surface area contributed by atoms with Crippen molar-refractivity contribution in [1.82, 2.24) is 40.2 Å². The Balaban J connectivity index is 1.23. The molecule has 3 N–H and O–H groups in total. The van der Waals surface area contributed by atoms with Gasteiger partial charge < -0.3 is 20.3 Å². The van der Waals surface area contributed by atoms with Crippen LogP contribution in [-0.4, -0.2) is 91.9 Å². The van der Waals surface area contributed by atoms with Gasteiger partial charge in [0.25, 0.3) is 11.8 Å². The normalized spacial score (nSPS) is 27.0. The quantitative estimate of drug-likeness (QED) is 0.297. The number of carbonyl (C=O) groups excluding carboxylic acids is 4. The minimum atomic E-state index is -4.07. The summed E-state index contributed by atoms with van der Waals surface area (Å²) in [5.41, 5.74) is 0.0239. The third-order valence-electron chi connectivity index (χ3n) is 11.1. The standard InChI is InChI=1S/C39H45FN8O7S/c1-23-20-42-31(21-41-23)33(49)44-29-12-8-6-4-5-7-10-25-11-9-15-39(25,37(52)47-56(53,54)38(3)16-17-38)46-34(50)32-19-27(22-48(32)36(29)51)55-35-24(2)43-28-14-13-26(40)18-30(28)45-35/h7,9-11,13-14,18,20-21,25,27,29,32H,4-6,8,12,15-17,19,22H2,1-3H3,(H,44,49)(H,46,50)(H,47,52)/b10-7-/t25?,27-,29+,32+,39-/m1/s1. The van der Waals surface area contributed by atoms with E-state index in [2.05, 4.69) is 35.3 Å². The van der Waals surface area contributed by atoms with Crippen LogP contribution in [0, 0.1) is 25.6 Å². The van der Waals surface area contributed by atoms with Crippen LogP contribution in [0.25, 0.3) is 11.0 Å². The maximum absolute atomic E-state index is 14.6. The van der Waals surface area contributed by atoms with Gasteiger partial charge >= 0.3 is 0 Å². The molecule has 1 unspecified atom stereocenters. The lowest BCUT2D eigenvalue weighted by atomic mass is 9.84. The van der Waals surface area contributed by atoms with E-state index in [0.29, 0.717) is 49.0 Å². The third kappa shape index (κ3) is 7.86. The Hall–Kier alpha value is -5.32. The lowest BCUT2D eigenvalue weighted by Gasteiger charge is -2.36. The Morgan fingerprint density at radius 1 is 1.02 bits per heavy atom. The molecule has 4 heterocycles. The van der Waals surface area contributed by atoms with Crippen molar-refractivity contribution in [2.75, 3.05) is 6.54 Å². The molecular weight excluding hydrogens is 744 g/mol. The van der Waals surface area contributed by atoms with Crippen LogP contribution in [0.15, 0.2) is 54.9 Å². The highest BCUT2D eigenvalue weighted by Crippen LogP contribution is 2.43. The first-order chi connectivity index (χ1) is 26.7. The van der Waals surface area contributed by atoms with Crippen molar-refractivity contribution in [2.45, 2.75) is 107 Å². The lowest BCUT2D eigenvalue weighted by molar-refractivity contribution is -0.142. The number of hydrogen-bond donors (Lipinski definition) is 3. The van der Waals surface area contributed by atoms with Crippen LogP contribution < -0.4 is 20.1 Å². The van der Waals surface area contributed by atoms with Gasteiger partial charge in [0.1, 0.15) is 40.9 Å². The average Bonchev–Trinajstić information content (AvgIpc) is 3.59. The predicted octanol–water partition coefficient (Wildman–Crippen LogP) is 3.27. The molecule has 1 aromatic carbocycles. The number of fused-ring (bicyclic) bond motifs is 3. The number of carbonyl (C=O) groups is 4. The van der Waals surface area contributed by atoms with E-state index in [9.17, 15) is 32.0 Å². The fraction of sp³-hybridized carbons (Fsp3) is 0.487. The second kappa shape index (κ2) is 15.3. The van der Waals surface area contributed by atoms with Crippen molar-refractivity contribution >= 4 is 44.7 Å². The van der Waals surface area contributed by atoms with Crippen molar-refractivity contribution in [3.63, 3.8) is 0 Å². The van der Waals surface area contributed by atoms with Crippen LogP contribution in [0.1, 0.15) is 86.6 Å². The van der Waals surface area contributed by atoms with Crippen LogP contribution in [0.5, 0.6) is 5.88 Å². The Kier molecular flexibility index (Phi) is 10.6. The fourth-order valence-electron chi connectivity index (χ4n) is 7.42. The van der Waals surface area contributed by atoms with E-state index < -0.39 is 73.9 Å². The van der Waals surface area contributed by atoms with Gasteiger partial charge in [0.05, 0.1) is 34.2 Å². The summed E-state index contributed by atoms with van der Waals surface area (Å²) in [4.78, 5) is 75.5. The second-order valence-corrected chi connectivity index (χ2v) is 17.6. The molecule has 7 rings (SSSR count). The molecule has 17 heteroatoms. The van der Waals surface area contributed by atoms with Gasteiger partial charge in [-0.2, -0.15) is 0 Å². The number of ether oxygens (including phenoxy) is 1. The number of hydrogen-bond acceptors (Lipinski definition) is 11. The number of rotatable bonds is 7. The summed E-state index contributed by atoms with van der Waals surface area (Å²) in [7, 11) is -4.07. The van der Waals surface area contributed by atoms with Crippen molar-refractivity contribution < 1.29 is 36.7 Å². The number of aryl methyl sites for hydroxylation is 2. The van der Waals surface area contributed by atoms with Gasteiger partial charge in [-0.1, -0.05) is 37.1 Å². The van der Waals surface area contributed by atoms with Gasteiger partial charge in [0.15, 0.2) is 0 Å². The maximum atomic E-state index is 14.6. The molecule has 2 aliphatic heterocycles. The molecular formula is C39H45FN8O7S. The van der Waals surface area contributed by atoms with Gasteiger partial charge in [-0.15, -0.1) is 0 Å². The molecule has 4 aliphatic rings. The summed E-state index contributed by atoms with van der Waals surface area (Å²) in [6.45, 7) is 4.87. The van der Waals surface area contributed by atoms with Gasteiger partial charge in [-0.05, 0) is 71.4 Å². The molecule has 296 valence electrons. The first-order valence-electron chi connectivity index (χ1n) is 18.9. The highest BCUT2D eigenvalue weighted by molar-refractivity contribution is 7.91. The lowest BCUT2D eigenvalue weighted by Crippen LogP contribution is -2.65. The molecule has 2 aromatic heterocycles. The largest absolute Gasteiger partial charge is 0.471 e. The molecule has 15 nitrogen and oxygen atoms in total. The smallest absolute Gasteiger partial charge is 0.272 e. The predicted molar refractivity (Wildman–Crippen MR) is 202 cm³/mol. The third-order valence-corrected chi connectivity index (χ3v) is 13.3. The van der Waals surface area contributed by atoms with Crippen molar-refractivity contribution in [3.05, 3.63) is 77.8 Å². The van der Waals surface area contributed by atoms with E-state index in [1.54, 1.807) is 32.9 Å². The van der Waals surface area contributed by atoms with Crippen LogP contribution in [0.3, 0.4) is 0 Å². The van der Waals surface area contributed by atoms with E-state index in [-0.39, 0.29) is 42.9 Å². The van der Waals surface area contributed by atoms with Crippen LogP contribution in [-0.2, 0) is 24.4 Å². The molecule has 56 heavy (non-hydrogen) atoms. The van der Waals surface area contributed by atoms with E-state index in [0.717, 1.165) is 6.42 Å². The molecule has 2 aliphatic carbocycles. The average molecular weight is 789 g/mol. The molecule has 4 amide bonds. The topological polar surface area (TPSA) is 203 Å². The summed E-state index contributed by atoms with van der Waals surface area (Å²) >= 11 is 0. The van der Waals surface area contributed by atoms with E-state index in [1.165, 1.54) is 35.5 Å². The number of halogens is 1. The highest BCUT2D eigenvalue weighted by atomic mass is 32.2. The highest BCUT2D eigenvalue weighted by Gasteiger charge is 2.55. The second-order valence-electron chi connectivity index (χ2n) is 15.4. The minimum absolute atomic E-state index is 0.00507. The minimum Gasteiger partial charge on any atom is -0.471 e. The SMILES string of the molecule is Cc1cnc(C(=O)N[C@H]2CCCCC/C=C\C3C=CC[C@@]3(C(=O)NS(=O)(=O)C3(C)CC3)NC(=O)[C@@H]3C[C@@H](Oc4nc5cc(F)ccc5nc4C)CN3C2=O)cn1. The van der Waals surface area contributed by atoms with E-state index in [1.807, 2.05) is 12.2 Å². The number of sulfonamides is 1. The number of nitrogens with one attached hydrogen (secondary N) is 3. The summed E-state index contributed by atoms with van der Waals surface area (Å²) in [6, 6.07) is 1.73. The van der Waals surface area contributed by atoms with Gasteiger partial charge in [-0.3, -0.25) is 28.9 Å². The number of aromatic nitrogens is 4. The van der Waals surface area contributed by atoms with Crippen LogP contribution in [0.4, 0.5) is 4.39 Å². The number of nitrogens with zero attached hydrogens (tertiary/aromatic N) is 5. The van der Waals surface area contributed by atoms with E-state index >= 15 is 0 Å². The molecule has 1 saturated heterocycles. The van der Waals surface area contributed by atoms with E-state index in [4.69, 9.17) is 4.74 Å². The Morgan fingerprint density at radius 3 is 2.55 bits per heavy atom. The maximum Gasteiger partial charge on any atom is 0.272 e. The van der Waals surface area contributed by atoms with Crippen molar-refractivity contribution in [1.29, 1.82) is 0 Å². The van der Waals surface area contributed by atoms with Gasteiger partial charge in [-0.25, -0.2) is 27.8 Å². The molecule has 5 atom stereocenters. The summed E-state index contributed by atoms with van der Waals surface area (Å²) < 4.78 is 48.2. The Labute approximate surface area is 324 Å². The summed E-state index contributed by atoms with van der Waals surface area (Å²) in [6.07, 6.45) is 12.9. The van der Waals surface area contributed by atoms with Crippen LogP contribution in [0.2, 0.25) is 0 Å². The summed E-state index contributed by atoms with van der Waals surface area (Å²) in [5, 5.41) is 5.72. The fourth-order valence-corrected chi connectivity index (χ4v) is 8.73. The van der Waals surface area contributed by atoms with Gasteiger partial charge in [0.2, 0.25) is 27.7 Å². The van der Waals surface area contributed by atoms with Crippen molar-refractivity contribution in [2.24, 2.45) is 5.92 Å². The molecule has 1 saturated carbocycles. The zero-order chi connectivity index (χ0) is 39.8. The summed E-state index contributed by atoms with van der Waals surface area (Å²) in [5.74, 6) is -3.84. The first-order valence-corrected chi connectivity index (χ1v) is 20.4. The Morgan fingerprint density at radius 2 is 1.80 bits per heavy atom. The zero-order valence-electron chi connectivity index (χ0n) is 31.5. The molecule has 0 bridgehead atoms. The number of benzene rings is 1. The van der Waals surface area contributed by atoms with Crippen LogP contribution >= 0.6 is 0 Å². The Bertz CT molecular complexity index is 2230. The monoisotopic (exact) mass is 788 g/mol. The van der Waals surface area contributed by atoms with Gasteiger partial charge in [0, 0.05) is 24.6 Å².